The number of carbonyl (C=O) groups excluding carboxylic acids is 1. The Morgan fingerprint density at radius 2 is 2.06 bits per heavy atom. The molecule has 0 N–H and O–H groups in total. The number of ether oxygens (including phenoxy) is 1. The maximum Gasteiger partial charge on any atom is 0.311 e. The maximum atomic E-state index is 12.9. The normalized spacial score (nSPS) is 18.2. The van der Waals surface area contributed by atoms with Crippen LogP contribution in [0.3, 0.4) is 0 Å². The van der Waals surface area contributed by atoms with Gasteiger partial charge in [-0.2, -0.15) is 9.29 Å². The smallest absolute Gasteiger partial charge is 0.311 e. The second-order valence-electron chi connectivity index (χ2n) is 7.43. The van der Waals surface area contributed by atoms with E-state index in [-0.39, 0.29) is 17.3 Å². The van der Waals surface area contributed by atoms with E-state index in [4.69, 9.17) is 20.9 Å². The van der Waals surface area contributed by atoms with Crippen LogP contribution in [0.1, 0.15) is 31.8 Å². The highest BCUT2D eigenvalue weighted by Gasteiger charge is 2.35. The fourth-order valence-corrected chi connectivity index (χ4v) is 5.09. The monoisotopic (exact) mass is 476 g/mol. The molecule has 11 heteroatoms. The van der Waals surface area contributed by atoms with Crippen molar-refractivity contribution >= 4 is 27.6 Å². The van der Waals surface area contributed by atoms with Gasteiger partial charge in [-0.15, -0.1) is 0 Å². The van der Waals surface area contributed by atoms with Crippen LogP contribution in [0.5, 0.6) is 0 Å². The molecular weight excluding hydrogens is 456 g/mol. The van der Waals surface area contributed by atoms with E-state index in [0.717, 1.165) is 0 Å². The number of hydrogen-bond donors (Lipinski definition) is 0. The molecule has 1 aliphatic heterocycles. The molecule has 0 bridgehead atoms. The lowest BCUT2D eigenvalue weighted by Gasteiger charge is -2.31. The molecule has 1 aliphatic rings. The van der Waals surface area contributed by atoms with Gasteiger partial charge in [0.1, 0.15) is 0 Å². The van der Waals surface area contributed by atoms with E-state index in [2.05, 4.69) is 15.1 Å². The molecule has 168 valence electrons. The molecule has 2 aromatic heterocycles. The Hall–Kier alpha value is -2.82. The first kappa shape index (κ1) is 22.4. The lowest BCUT2D eigenvalue weighted by molar-refractivity contribution is -0.156. The van der Waals surface area contributed by atoms with E-state index in [9.17, 15) is 13.2 Å². The van der Waals surface area contributed by atoms with Crippen molar-refractivity contribution in [1.29, 1.82) is 0 Å². The van der Waals surface area contributed by atoms with E-state index < -0.39 is 28.0 Å². The molecule has 32 heavy (non-hydrogen) atoms. The van der Waals surface area contributed by atoms with Crippen LogP contribution < -0.4 is 0 Å². The van der Waals surface area contributed by atoms with Crippen molar-refractivity contribution in [2.24, 2.45) is 5.92 Å². The van der Waals surface area contributed by atoms with E-state index in [1.807, 2.05) is 0 Å². The number of nitrogens with zero attached hydrogens (tertiary/aromatic N) is 4. The minimum absolute atomic E-state index is 0.0429. The highest BCUT2D eigenvalue weighted by molar-refractivity contribution is 7.89. The summed E-state index contributed by atoms with van der Waals surface area (Å²) in [6.07, 6.45) is 3.54. The van der Waals surface area contributed by atoms with Gasteiger partial charge in [-0.25, -0.2) is 8.42 Å². The molecule has 1 fully saturated rings. The molecule has 0 aliphatic carbocycles. The van der Waals surface area contributed by atoms with E-state index in [1.165, 1.54) is 28.6 Å². The van der Waals surface area contributed by atoms with E-state index >= 15 is 0 Å². The van der Waals surface area contributed by atoms with Gasteiger partial charge in [0.15, 0.2) is 6.10 Å². The number of aromatic nitrogens is 3. The molecule has 2 atom stereocenters. The van der Waals surface area contributed by atoms with E-state index in [1.54, 1.807) is 31.5 Å². The number of halogens is 1. The number of rotatable bonds is 6. The van der Waals surface area contributed by atoms with Crippen LogP contribution in [0.15, 0.2) is 58.2 Å². The fourth-order valence-electron chi connectivity index (χ4n) is 3.44. The van der Waals surface area contributed by atoms with Crippen LogP contribution in [-0.2, 0) is 19.6 Å². The lowest BCUT2D eigenvalue weighted by atomic mass is 10.00. The topological polar surface area (TPSA) is 115 Å². The number of carbonyl (C=O) groups is 1. The molecule has 1 saturated heterocycles. The molecule has 0 saturated carbocycles. The van der Waals surface area contributed by atoms with Gasteiger partial charge >= 0.3 is 5.97 Å². The second kappa shape index (κ2) is 9.35. The van der Waals surface area contributed by atoms with Gasteiger partial charge in [-0.3, -0.25) is 9.78 Å². The van der Waals surface area contributed by atoms with Crippen molar-refractivity contribution in [3.8, 4) is 11.4 Å². The zero-order chi connectivity index (χ0) is 22.7. The Labute approximate surface area is 190 Å². The van der Waals surface area contributed by atoms with Crippen LogP contribution in [-0.4, -0.2) is 46.9 Å². The summed E-state index contributed by atoms with van der Waals surface area (Å²) >= 11 is 5.86. The number of benzene rings is 1. The third-order valence-corrected chi connectivity index (χ3v) is 7.30. The molecule has 0 spiro atoms. The number of pyridine rings is 1. The van der Waals surface area contributed by atoms with Crippen molar-refractivity contribution in [3.63, 3.8) is 0 Å². The van der Waals surface area contributed by atoms with Crippen LogP contribution in [0.2, 0.25) is 5.02 Å². The zero-order valence-corrected chi connectivity index (χ0v) is 18.8. The van der Waals surface area contributed by atoms with Gasteiger partial charge in [0.25, 0.3) is 5.89 Å². The quantitative estimate of drug-likeness (QED) is 0.496. The predicted octanol–water partition coefficient (Wildman–Crippen LogP) is 3.49. The van der Waals surface area contributed by atoms with Crippen LogP contribution in [0, 0.1) is 5.92 Å². The molecule has 1 aromatic carbocycles. The van der Waals surface area contributed by atoms with Crippen LogP contribution in [0.4, 0.5) is 0 Å². The standard InChI is InChI=1S/C21H21ClN4O5S/c1-14(20-24-19(25-31-20)15-4-2-10-23-12-15)30-21(27)16-5-3-11-26(13-16)32(28,29)18-8-6-17(22)7-9-18/h2,4,6-10,12,14,16H,3,5,11,13H2,1H3. The Morgan fingerprint density at radius 3 is 2.78 bits per heavy atom. The first-order chi connectivity index (χ1) is 15.3. The van der Waals surface area contributed by atoms with Crippen LogP contribution >= 0.6 is 11.6 Å². The third-order valence-electron chi connectivity index (χ3n) is 5.17. The molecule has 3 heterocycles. The molecule has 4 rings (SSSR count). The van der Waals surface area contributed by atoms with Gasteiger partial charge in [-0.1, -0.05) is 16.8 Å². The summed E-state index contributed by atoms with van der Waals surface area (Å²) in [5.74, 6) is -0.601. The number of sulfonamides is 1. The SMILES string of the molecule is CC(OC(=O)C1CCCN(S(=O)(=O)c2ccc(Cl)cc2)C1)c1nc(-c2cccnc2)no1. The average molecular weight is 477 g/mol. The largest absolute Gasteiger partial charge is 0.452 e. The first-order valence-corrected chi connectivity index (χ1v) is 11.9. The summed E-state index contributed by atoms with van der Waals surface area (Å²) in [4.78, 5) is 21.2. The Bertz CT molecular complexity index is 1180. The lowest BCUT2D eigenvalue weighted by Crippen LogP contribution is -2.42. The summed E-state index contributed by atoms with van der Waals surface area (Å²) in [5.41, 5.74) is 0.677. The van der Waals surface area contributed by atoms with Gasteiger partial charge in [0.2, 0.25) is 15.8 Å². The maximum absolute atomic E-state index is 12.9. The second-order valence-corrected chi connectivity index (χ2v) is 9.81. The minimum Gasteiger partial charge on any atom is -0.452 e. The molecule has 0 amide bonds. The van der Waals surface area contributed by atoms with Crippen molar-refractivity contribution in [1.82, 2.24) is 19.4 Å². The fraction of sp³-hybridized carbons (Fsp3) is 0.333. The first-order valence-electron chi connectivity index (χ1n) is 10.0. The summed E-state index contributed by atoms with van der Waals surface area (Å²) < 4.78 is 37.9. The summed E-state index contributed by atoms with van der Waals surface area (Å²) in [6, 6.07) is 9.50. The molecule has 2 unspecified atom stereocenters. The van der Waals surface area contributed by atoms with Crippen molar-refractivity contribution in [3.05, 3.63) is 59.7 Å². The van der Waals surface area contributed by atoms with Crippen molar-refractivity contribution in [2.75, 3.05) is 13.1 Å². The van der Waals surface area contributed by atoms with Crippen LogP contribution in [0.25, 0.3) is 11.4 Å². The number of esters is 1. The zero-order valence-electron chi connectivity index (χ0n) is 17.2. The minimum atomic E-state index is -3.73. The van der Waals surface area contributed by atoms with Gasteiger partial charge < -0.3 is 9.26 Å². The number of hydrogen-bond acceptors (Lipinski definition) is 8. The number of piperidine rings is 1. The average Bonchev–Trinajstić information content (AvgIpc) is 3.31. The Balaban J connectivity index is 1.41. The highest BCUT2D eigenvalue weighted by Crippen LogP contribution is 2.27. The van der Waals surface area contributed by atoms with Crippen molar-refractivity contribution < 1.29 is 22.5 Å². The van der Waals surface area contributed by atoms with E-state index in [0.29, 0.717) is 35.8 Å². The summed E-state index contributed by atoms with van der Waals surface area (Å²) in [6.45, 7) is 2.01. The molecular formula is C21H21ClN4O5S. The third kappa shape index (κ3) is 4.82. The Kier molecular flexibility index (Phi) is 6.54. The van der Waals surface area contributed by atoms with Gasteiger partial charge in [0, 0.05) is 36.1 Å². The highest BCUT2D eigenvalue weighted by atomic mass is 35.5. The van der Waals surface area contributed by atoms with Crippen molar-refractivity contribution in [2.45, 2.75) is 30.8 Å². The van der Waals surface area contributed by atoms with Gasteiger partial charge in [-0.05, 0) is 56.2 Å². The van der Waals surface area contributed by atoms with Gasteiger partial charge in [0.05, 0.1) is 10.8 Å². The molecule has 9 nitrogen and oxygen atoms in total. The summed E-state index contributed by atoms with van der Waals surface area (Å²) in [7, 11) is -3.73. The molecule has 3 aromatic rings. The molecule has 0 radical (unpaired) electrons. The Morgan fingerprint density at radius 1 is 1.28 bits per heavy atom. The predicted molar refractivity (Wildman–Crippen MR) is 115 cm³/mol. The summed E-state index contributed by atoms with van der Waals surface area (Å²) in [5, 5.41) is 4.35.